The number of piperazine rings is 1. The van der Waals surface area contributed by atoms with Crippen LogP contribution in [0.1, 0.15) is 12.2 Å². The molecule has 1 aliphatic rings. The fourth-order valence-corrected chi connectivity index (χ4v) is 4.61. The van der Waals surface area contributed by atoms with Crippen molar-refractivity contribution in [1.29, 1.82) is 0 Å². The lowest BCUT2D eigenvalue weighted by Gasteiger charge is -2.35. The molecule has 5 rings (SSSR count). The number of fused-ring (bicyclic) bond motifs is 1. The Morgan fingerprint density at radius 1 is 0.939 bits per heavy atom. The quantitative estimate of drug-likeness (QED) is 0.400. The zero-order chi connectivity index (χ0) is 22.5. The van der Waals surface area contributed by atoms with Gasteiger partial charge in [0.05, 0.1) is 6.54 Å². The van der Waals surface area contributed by atoms with Gasteiger partial charge in [-0.2, -0.15) is 0 Å². The average Bonchev–Trinajstić information content (AvgIpc) is 3.33. The Balaban J connectivity index is 1.09. The molecule has 1 saturated heterocycles. The molecule has 0 saturated carbocycles. The molecule has 0 bridgehead atoms. The Bertz CT molecular complexity index is 1160. The number of hydrogen-bond donors (Lipinski definition) is 0. The summed E-state index contributed by atoms with van der Waals surface area (Å²) < 4.78 is 5.68. The Kier molecular flexibility index (Phi) is 6.65. The first-order valence-electron chi connectivity index (χ1n) is 11.8. The number of aromatic nitrogens is 2. The molecule has 6 nitrogen and oxygen atoms in total. The minimum atomic E-state index is 0.769. The van der Waals surface area contributed by atoms with Crippen molar-refractivity contribution in [2.75, 3.05) is 51.2 Å². The normalized spacial score (nSPS) is 14.9. The van der Waals surface area contributed by atoms with Crippen molar-refractivity contribution in [2.24, 2.45) is 0 Å². The summed E-state index contributed by atoms with van der Waals surface area (Å²) in [7, 11) is 2.15. The van der Waals surface area contributed by atoms with Crippen LogP contribution in [0.25, 0.3) is 22.0 Å². The summed E-state index contributed by atoms with van der Waals surface area (Å²) in [5, 5.41) is 6.78. The largest absolute Gasteiger partial charge is 0.359 e. The highest BCUT2D eigenvalue weighted by molar-refractivity contribution is 5.95. The molecule has 0 unspecified atom stereocenters. The molecule has 170 valence electrons. The van der Waals surface area contributed by atoms with Gasteiger partial charge in [-0.15, -0.1) is 0 Å². The SMILES string of the molecule is CN(CCCN1CCN(c2ccccn2)CC1)Cc1cc(-c2cccc3ccccc23)no1. The highest BCUT2D eigenvalue weighted by Crippen LogP contribution is 2.28. The smallest absolute Gasteiger partial charge is 0.151 e. The number of benzene rings is 2. The van der Waals surface area contributed by atoms with Gasteiger partial charge >= 0.3 is 0 Å². The number of anilines is 1. The van der Waals surface area contributed by atoms with Gasteiger partial charge in [0.2, 0.25) is 0 Å². The van der Waals surface area contributed by atoms with Crippen molar-refractivity contribution in [1.82, 2.24) is 19.9 Å². The number of rotatable bonds is 8. The van der Waals surface area contributed by atoms with E-state index in [0.717, 1.165) is 75.1 Å². The van der Waals surface area contributed by atoms with E-state index >= 15 is 0 Å². The van der Waals surface area contributed by atoms with Crippen molar-refractivity contribution < 1.29 is 4.52 Å². The molecule has 0 aliphatic carbocycles. The molecule has 1 aliphatic heterocycles. The lowest BCUT2D eigenvalue weighted by atomic mass is 10.0. The molecule has 0 atom stereocenters. The summed E-state index contributed by atoms with van der Waals surface area (Å²) in [5.74, 6) is 2.00. The molecular weight excluding hydrogens is 410 g/mol. The predicted octanol–water partition coefficient (Wildman–Crippen LogP) is 4.53. The number of nitrogens with zero attached hydrogens (tertiary/aromatic N) is 5. The maximum atomic E-state index is 5.68. The second kappa shape index (κ2) is 10.1. The third-order valence-corrected chi connectivity index (χ3v) is 6.41. The maximum absolute atomic E-state index is 5.68. The van der Waals surface area contributed by atoms with Crippen molar-refractivity contribution in [3.05, 3.63) is 78.7 Å². The van der Waals surface area contributed by atoms with Crippen molar-refractivity contribution in [3.63, 3.8) is 0 Å². The van der Waals surface area contributed by atoms with Gasteiger partial charge in [0.15, 0.2) is 5.76 Å². The van der Waals surface area contributed by atoms with Gasteiger partial charge in [-0.25, -0.2) is 4.98 Å². The zero-order valence-electron chi connectivity index (χ0n) is 19.2. The predicted molar refractivity (Wildman–Crippen MR) is 133 cm³/mol. The van der Waals surface area contributed by atoms with E-state index < -0.39 is 0 Å². The van der Waals surface area contributed by atoms with Crippen LogP contribution < -0.4 is 4.90 Å². The second-order valence-corrected chi connectivity index (χ2v) is 8.81. The Labute approximate surface area is 195 Å². The fourth-order valence-electron chi connectivity index (χ4n) is 4.61. The maximum Gasteiger partial charge on any atom is 0.151 e. The van der Waals surface area contributed by atoms with E-state index in [9.17, 15) is 0 Å². The highest BCUT2D eigenvalue weighted by Gasteiger charge is 2.18. The first kappa shape index (κ1) is 21.6. The summed E-state index contributed by atoms with van der Waals surface area (Å²) in [6.45, 7) is 7.20. The second-order valence-electron chi connectivity index (χ2n) is 8.81. The fraction of sp³-hybridized carbons (Fsp3) is 0.333. The van der Waals surface area contributed by atoms with Crippen LogP contribution in [0.5, 0.6) is 0 Å². The van der Waals surface area contributed by atoms with Crippen LogP contribution in [0.4, 0.5) is 5.82 Å². The van der Waals surface area contributed by atoms with Crippen LogP contribution in [0.2, 0.25) is 0 Å². The molecule has 0 amide bonds. The third kappa shape index (κ3) is 5.24. The van der Waals surface area contributed by atoms with E-state index in [0.29, 0.717) is 0 Å². The minimum Gasteiger partial charge on any atom is -0.359 e. The monoisotopic (exact) mass is 441 g/mol. The van der Waals surface area contributed by atoms with Crippen molar-refractivity contribution in [2.45, 2.75) is 13.0 Å². The summed E-state index contributed by atoms with van der Waals surface area (Å²) in [4.78, 5) is 11.7. The van der Waals surface area contributed by atoms with Crippen LogP contribution in [0.3, 0.4) is 0 Å². The molecular formula is C27H31N5O. The lowest BCUT2D eigenvalue weighted by molar-refractivity contribution is 0.222. The Morgan fingerprint density at radius 2 is 1.76 bits per heavy atom. The molecule has 6 heteroatoms. The molecule has 1 fully saturated rings. The van der Waals surface area contributed by atoms with Gasteiger partial charge in [-0.05, 0) is 49.5 Å². The molecule has 0 N–H and O–H groups in total. The minimum absolute atomic E-state index is 0.769. The number of hydrogen-bond acceptors (Lipinski definition) is 6. The molecule has 4 aromatic rings. The Morgan fingerprint density at radius 3 is 2.61 bits per heavy atom. The summed E-state index contributed by atoms with van der Waals surface area (Å²) in [6.07, 6.45) is 3.02. The van der Waals surface area contributed by atoms with Crippen LogP contribution in [-0.2, 0) is 6.54 Å². The topological polar surface area (TPSA) is 48.6 Å². The van der Waals surface area contributed by atoms with E-state index in [4.69, 9.17) is 4.52 Å². The van der Waals surface area contributed by atoms with Crippen molar-refractivity contribution in [3.8, 4) is 11.3 Å². The van der Waals surface area contributed by atoms with E-state index in [2.05, 4.69) is 92.6 Å². The molecule has 3 heterocycles. The summed E-state index contributed by atoms with van der Waals surface area (Å²) in [6, 6.07) is 22.9. The van der Waals surface area contributed by atoms with Gasteiger partial charge in [-0.1, -0.05) is 53.7 Å². The van der Waals surface area contributed by atoms with Crippen molar-refractivity contribution >= 4 is 16.6 Å². The average molecular weight is 442 g/mol. The summed E-state index contributed by atoms with van der Waals surface area (Å²) >= 11 is 0. The summed E-state index contributed by atoms with van der Waals surface area (Å²) in [5.41, 5.74) is 2.02. The molecule has 33 heavy (non-hydrogen) atoms. The number of pyridine rings is 1. The lowest BCUT2D eigenvalue weighted by Crippen LogP contribution is -2.47. The first-order valence-corrected chi connectivity index (χ1v) is 11.8. The molecule has 0 radical (unpaired) electrons. The van der Waals surface area contributed by atoms with E-state index in [1.807, 2.05) is 12.3 Å². The van der Waals surface area contributed by atoms with Crippen LogP contribution in [0.15, 0.2) is 77.4 Å². The van der Waals surface area contributed by atoms with Gasteiger partial charge in [-0.3, -0.25) is 9.80 Å². The van der Waals surface area contributed by atoms with E-state index in [1.54, 1.807) is 0 Å². The Hall–Kier alpha value is -3.22. The molecule has 0 spiro atoms. The standard InChI is InChI=1S/C27H31N5O/c1-30(14-7-15-31-16-18-32(19-17-31)27-12-4-5-13-28-27)21-23-20-26(29-33-23)25-11-6-9-22-8-2-3-10-24(22)25/h2-6,8-13,20H,7,14-19,21H2,1H3. The highest BCUT2D eigenvalue weighted by atomic mass is 16.5. The molecule has 2 aromatic carbocycles. The zero-order valence-corrected chi connectivity index (χ0v) is 19.2. The first-order chi connectivity index (χ1) is 16.3. The van der Waals surface area contributed by atoms with Gasteiger partial charge in [0.1, 0.15) is 11.5 Å². The van der Waals surface area contributed by atoms with Crippen LogP contribution >= 0.6 is 0 Å². The van der Waals surface area contributed by atoms with Gasteiger partial charge < -0.3 is 9.42 Å². The van der Waals surface area contributed by atoms with Crippen LogP contribution in [-0.4, -0.2) is 66.3 Å². The van der Waals surface area contributed by atoms with Gasteiger partial charge in [0.25, 0.3) is 0 Å². The third-order valence-electron chi connectivity index (χ3n) is 6.41. The van der Waals surface area contributed by atoms with E-state index in [1.165, 1.54) is 10.8 Å². The molecule has 2 aromatic heterocycles. The van der Waals surface area contributed by atoms with E-state index in [-0.39, 0.29) is 0 Å². The van der Waals surface area contributed by atoms with Gasteiger partial charge in [0, 0.05) is 44.0 Å². The van der Waals surface area contributed by atoms with Crippen LogP contribution in [0, 0.1) is 0 Å².